The molecule has 0 saturated carbocycles. The van der Waals surface area contributed by atoms with Crippen LogP contribution in [-0.2, 0) is 9.53 Å². The zero-order chi connectivity index (χ0) is 20.7. The van der Waals surface area contributed by atoms with Crippen molar-refractivity contribution in [3.63, 3.8) is 0 Å². The molecule has 0 aromatic heterocycles. The summed E-state index contributed by atoms with van der Waals surface area (Å²) < 4.78 is 45.2. The molecule has 2 rings (SSSR count). The molecule has 0 aliphatic carbocycles. The van der Waals surface area contributed by atoms with Crippen LogP contribution in [0.5, 0.6) is 5.75 Å². The minimum absolute atomic E-state index is 0.309. The molecule has 2 amide bonds. The Hall–Kier alpha value is -3.23. The van der Waals surface area contributed by atoms with Gasteiger partial charge in [-0.25, -0.2) is 4.79 Å². The third kappa shape index (κ3) is 6.49. The number of hydrogen-bond acceptors (Lipinski definition) is 4. The van der Waals surface area contributed by atoms with Crippen molar-refractivity contribution in [2.24, 2.45) is 5.73 Å². The number of hydrogen-bond donors (Lipinski definition) is 2. The highest BCUT2D eigenvalue weighted by atomic mass is 19.4. The van der Waals surface area contributed by atoms with E-state index in [0.29, 0.717) is 24.1 Å². The van der Waals surface area contributed by atoms with Gasteiger partial charge in [0, 0.05) is 5.69 Å². The Bertz CT molecular complexity index is 805. The summed E-state index contributed by atoms with van der Waals surface area (Å²) >= 11 is 0. The van der Waals surface area contributed by atoms with Crippen LogP contribution in [0.15, 0.2) is 48.5 Å². The maximum Gasteiger partial charge on any atom is 0.573 e. The number of benzene rings is 2. The number of nitrogens with one attached hydrogen (secondary N) is 1. The standard InChI is InChI=1S/C19H19F3N2O4/c1-2-3-16(27-18(23)26)17(25)24-14-8-4-12(5-9-14)13-6-10-15(11-7-13)28-19(20,21)22/h4-11,16H,2-3H2,1H3,(H2,23,26)(H,24,25)/t16-/m0/s1. The average molecular weight is 396 g/mol. The van der Waals surface area contributed by atoms with E-state index in [1.165, 1.54) is 24.3 Å². The van der Waals surface area contributed by atoms with Crippen LogP contribution in [0.3, 0.4) is 0 Å². The van der Waals surface area contributed by atoms with Gasteiger partial charge in [0.05, 0.1) is 0 Å². The van der Waals surface area contributed by atoms with Crippen molar-refractivity contribution in [2.75, 3.05) is 5.32 Å². The first-order valence-electron chi connectivity index (χ1n) is 8.41. The van der Waals surface area contributed by atoms with Gasteiger partial charge in [0.15, 0.2) is 6.10 Å². The number of nitrogens with two attached hydrogens (primary N) is 1. The van der Waals surface area contributed by atoms with Crippen molar-refractivity contribution in [1.82, 2.24) is 0 Å². The van der Waals surface area contributed by atoms with Gasteiger partial charge in [-0.1, -0.05) is 37.6 Å². The monoisotopic (exact) mass is 396 g/mol. The lowest BCUT2D eigenvalue weighted by molar-refractivity contribution is -0.274. The van der Waals surface area contributed by atoms with Crippen molar-refractivity contribution in [2.45, 2.75) is 32.2 Å². The van der Waals surface area contributed by atoms with Crippen LogP contribution in [-0.4, -0.2) is 24.5 Å². The van der Waals surface area contributed by atoms with Crippen molar-refractivity contribution in [3.8, 4) is 16.9 Å². The van der Waals surface area contributed by atoms with E-state index in [-0.39, 0.29) is 5.75 Å². The molecule has 3 N–H and O–H groups in total. The highest BCUT2D eigenvalue weighted by Crippen LogP contribution is 2.27. The minimum atomic E-state index is -4.74. The molecule has 28 heavy (non-hydrogen) atoms. The summed E-state index contributed by atoms with van der Waals surface area (Å²) in [6.45, 7) is 1.84. The fraction of sp³-hybridized carbons (Fsp3) is 0.263. The van der Waals surface area contributed by atoms with Gasteiger partial charge in [-0.05, 0) is 41.8 Å². The molecule has 0 spiro atoms. The van der Waals surface area contributed by atoms with E-state index in [2.05, 4.69) is 10.1 Å². The van der Waals surface area contributed by atoms with Crippen LogP contribution in [0.25, 0.3) is 11.1 Å². The molecule has 0 unspecified atom stereocenters. The molecular formula is C19H19F3N2O4. The molecule has 0 bridgehead atoms. The molecule has 2 aromatic carbocycles. The van der Waals surface area contributed by atoms with Crippen LogP contribution in [0.2, 0.25) is 0 Å². The Morgan fingerprint density at radius 2 is 1.57 bits per heavy atom. The largest absolute Gasteiger partial charge is 0.573 e. The number of alkyl halides is 3. The summed E-state index contributed by atoms with van der Waals surface area (Å²) in [5, 5.41) is 2.63. The van der Waals surface area contributed by atoms with E-state index in [9.17, 15) is 22.8 Å². The number of amides is 2. The number of carbonyl (C=O) groups is 2. The maximum absolute atomic E-state index is 12.2. The molecule has 0 saturated heterocycles. The summed E-state index contributed by atoms with van der Waals surface area (Å²) in [6.07, 6.45) is -5.79. The fourth-order valence-corrected chi connectivity index (χ4v) is 2.46. The number of carbonyl (C=O) groups excluding carboxylic acids is 2. The second-order valence-corrected chi connectivity index (χ2v) is 5.85. The molecule has 1 atom stereocenters. The molecule has 9 heteroatoms. The number of primary amides is 1. The first-order chi connectivity index (χ1) is 13.2. The van der Waals surface area contributed by atoms with Gasteiger partial charge in [0.2, 0.25) is 0 Å². The molecule has 6 nitrogen and oxygen atoms in total. The predicted molar refractivity (Wildman–Crippen MR) is 96.6 cm³/mol. The van der Waals surface area contributed by atoms with Crippen molar-refractivity contribution < 1.29 is 32.2 Å². The van der Waals surface area contributed by atoms with Gasteiger partial charge in [0.25, 0.3) is 5.91 Å². The third-order valence-electron chi connectivity index (χ3n) is 3.68. The van der Waals surface area contributed by atoms with E-state index < -0.39 is 24.5 Å². The Labute approximate surface area is 159 Å². The molecular weight excluding hydrogens is 377 g/mol. The summed E-state index contributed by atoms with van der Waals surface area (Å²) in [5.74, 6) is -0.807. The van der Waals surface area contributed by atoms with Crippen molar-refractivity contribution in [3.05, 3.63) is 48.5 Å². The Kier molecular flexibility index (Phi) is 6.86. The third-order valence-corrected chi connectivity index (χ3v) is 3.68. The van der Waals surface area contributed by atoms with E-state index in [1.807, 2.05) is 6.92 Å². The lowest BCUT2D eigenvalue weighted by Gasteiger charge is -2.16. The van der Waals surface area contributed by atoms with Gasteiger partial charge in [-0.2, -0.15) is 0 Å². The van der Waals surface area contributed by atoms with E-state index >= 15 is 0 Å². The van der Waals surface area contributed by atoms with Gasteiger partial charge in [-0.3, -0.25) is 4.79 Å². The number of anilines is 1. The van der Waals surface area contributed by atoms with Crippen molar-refractivity contribution >= 4 is 17.7 Å². The van der Waals surface area contributed by atoms with Crippen LogP contribution in [0.1, 0.15) is 19.8 Å². The second-order valence-electron chi connectivity index (χ2n) is 5.85. The normalized spacial score (nSPS) is 12.1. The lowest BCUT2D eigenvalue weighted by atomic mass is 10.1. The molecule has 150 valence electrons. The molecule has 0 fully saturated rings. The topological polar surface area (TPSA) is 90.7 Å². The fourth-order valence-electron chi connectivity index (χ4n) is 2.46. The average Bonchev–Trinajstić information content (AvgIpc) is 2.61. The highest BCUT2D eigenvalue weighted by Gasteiger charge is 2.31. The Balaban J connectivity index is 2.04. The number of ether oxygens (including phenoxy) is 2. The van der Waals surface area contributed by atoms with Gasteiger partial charge >= 0.3 is 12.5 Å². The molecule has 0 aliphatic rings. The maximum atomic E-state index is 12.2. The van der Waals surface area contributed by atoms with Crippen LogP contribution in [0.4, 0.5) is 23.7 Å². The van der Waals surface area contributed by atoms with Crippen LogP contribution in [0, 0.1) is 0 Å². The molecule has 2 aromatic rings. The summed E-state index contributed by atoms with van der Waals surface area (Å²) in [6, 6.07) is 12.1. The van der Waals surface area contributed by atoms with E-state index in [4.69, 9.17) is 10.5 Å². The van der Waals surface area contributed by atoms with Gasteiger partial charge < -0.3 is 20.5 Å². The zero-order valence-corrected chi connectivity index (χ0v) is 15.0. The first kappa shape index (κ1) is 21.1. The zero-order valence-electron chi connectivity index (χ0n) is 15.0. The smallest absolute Gasteiger partial charge is 0.436 e. The quantitative estimate of drug-likeness (QED) is 0.723. The minimum Gasteiger partial charge on any atom is -0.436 e. The Morgan fingerprint density at radius 3 is 2.04 bits per heavy atom. The van der Waals surface area contributed by atoms with Crippen LogP contribution < -0.4 is 15.8 Å². The van der Waals surface area contributed by atoms with Gasteiger partial charge in [-0.15, -0.1) is 13.2 Å². The second kappa shape index (κ2) is 9.12. The van der Waals surface area contributed by atoms with Gasteiger partial charge in [0.1, 0.15) is 5.75 Å². The van der Waals surface area contributed by atoms with E-state index in [0.717, 1.165) is 5.56 Å². The molecule has 0 radical (unpaired) electrons. The predicted octanol–water partition coefficient (Wildman–Crippen LogP) is 4.45. The number of halogens is 3. The molecule has 0 aliphatic heterocycles. The summed E-state index contributed by atoms with van der Waals surface area (Å²) in [5.41, 5.74) is 6.85. The summed E-state index contributed by atoms with van der Waals surface area (Å²) in [7, 11) is 0. The first-order valence-corrected chi connectivity index (χ1v) is 8.41. The summed E-state index contributed by atoms with van der Waals surface area (Å²) in [4.78, 5) is 23.1. The molecule has 0 heterocycles. The number of rotatable bonds is 7. The Morgan fingerprint density at radius 1 is 1.04 bits per heavy atom. The SMILES string of the molecule is CCC[C@H](OC(N)=O)C(=O)Nc1ccc(-c2ccc(OC(F)(F)F)cc2)cc1. The highest BCUT2D eigenvalue weighted by molar-refractivity contribution is 5.95. The van der Waals surface area contributed by atoms with Crippen LogP contribution >= 0.6 is 0 Å². The lowest BCUT2D eigenvalue weighted by Crippen LogP contribution is -2.34. The van der Waals surface area contributed by atoms with E-state index in [1.54, 1.807) is 24.3 Å². The van der Waals surface area contributed by atoms with Crippen molar-refractivity contribution in [1.29, 1.82) is 0 Å².